The lowest BCUT2D eigenvalue weighted by Crippen LogP contribution is -2.06. The first-order chi connectivity index (χ1) is 8.74. The third-order valence-electron chi connectivity index (χ3n) is 2.82. The number of benzene rings is 1. The van der Waals surface area contributed by atoms with Crippen LogP contribution in [0.2, 0.25) is 0 Å². The molecule has 3 rings (SSSR count). The topological polar surface area (TPSA) is 70.9 Å². The number of aromatic amines is 1. The van der Waals surface area contributed by atoms with Crippen LogP contribution in [0.3, 0.4) is 0 Å². The minimum atomic E-state index is -0.876. The fraction of sp³-hybridized carbons (Fsp3) is 0.0769. The van der Waals surface area contributed by atoms with Crippen molar-refractivity contribution in [3.8, 4) is 11.3 Å². The van der Waals surface area contributed by atoms with Gasteiger partial charge in [-0.05, 0) is 12.1 Å². The van der Waals surface area contributed by atoms with E-state index in [9.17, 15) is 4.79 Å². The molecule has 0 radical (unpaired) electrons. The Morgan fingerprint density at radius 2 is 2.28 bits per heavy atom. The fourth-order valence-electron chi connectivity index (χ4n) is 2.05. The molecule has 2 N–H and O–H groups in total. The molecule has 2 heterocycles. The first kappa shape index (κ1) is 10.6. The van der Waals surface area contributed by atoms with E-state index >= 15 is 0 Å². The molecule has 0 saturated heterocycles. The van der Waals surface area contributed by atoms with E-state index in [1.54, 1.807) is 10.8 Å². The lowest BCUT2D eigenvalue weighted by molar-refractivity contribution is -0.137. The summed E-state index contributed by atoms with van der Waals surface area (Å²) in [5.74, 6) is -0.876. The molecule has 3 aromatic rings. The van der Waals surface area contributed by atoms with E-state index in [1.807, 2.05) is 30.5 Å². The van der Waals surface area contributed by atoms with Crippen LogP contribution in [0.25, 0.3) is 22.2 Å². The van der Waals surface area contributed by atoms with Gasteiger partial charge < -0.3 is 14.7 Å². The Labute approximate surface area is 103 Å². The zero-order chi connectivity index (χ0) is 12.5. The van der Waals surface area contributed by atoms with Gasteiger partial charge in [0.15, 0.2) is 0 Å². The number of nitrogens with zero attached hydrogens (tertiary/aromatic N) is 2. The maximum Gasteiger partial charge on any atom is 0.323 e. The van der Waals surface area contributed by atoms with E-state index in [-0.39, 0.29) is 6.54 Å². The number of nitrogens with one attached hydrogen (secondary N) is 1. The third kappa shape index (κ3) is 1.75. The van der Waals surface area contributed by atoms with Crippen molar-refractivity contribution in [2.24, 2.45) is 0 Å². The van der Waals surface area contributed by atoms with Crippen LogP contribution < -0.4 is 0 Å². The molecule has 0 fully saturated rings. The number of rotatable bonds is 3. The van der Waals surface area contributed by atoms with Gasteiger partial charge in [-0.25, -0.2) is 4.98 Å². The molecule has 0 aliphatic heterocycles. The van der Waals surface area contributed by atoms with Crippen LogP contribution in [0, 0.1) is 0 Å². The Kier molecular flexibility index (Phi) is 2.37. The summed E-state index contributed by atoms with van der Waals surface area (Å²) in [6.07, 6.45) is 5.16. The summed E-state index contributed by atoms with van der Waals surface area (Å²) in [7, 11) is 0. The van der Waals surface area contributed by atoms with Gasteiger partial charge in [0.05, 0.1) is 12.0 Å². The molecule has 0 amide bonds. The minimum Gasteiger partial charge on any atom is -0.480 e. The number of carboxylic acid groups (broad SMARTS) is 1. The second-order valence-corrected chi connectivity index (χ2v) is 4.07. The Morgan fingerprint density at radius 3 is 3.11 bits per heavy atom. The highest BCUT2D eigenvalue weighted by Gasteiger charge is 2.08. The van der Waals surface area contributed by atoms with E-state index in [0.29, 0.717) is 0 Å². The quantitative estimate of drug-likeness (QED) is 0.737. The van der Waals surface area contributed by atoms with Gasteiger partial charge in [0, 0.05) is 28.9 Å². The molecular formula is C13H11N3O2. The monoisotopic (exact) mass is 241 g/mol. The van der Waals surface area contributed by atoms with Crippen molar-refractivity contribution in [2.75, 3.05) is 0 Å². The van der Waals surface area contributed by atoms with Crippen molar-refractivity contribution < 1.29 is 9.90 Å². The summed E-state index contributed by atoms with van der Waals surface area (Å²) < 4.78 is 1.56. The van der Waals surface area contributed by atoms with E-state index < -0.39 is 5.97 Å². The van der Waals surface area contributed by atoms with Gasteiger partial charge in [-0.15, -0.1) is 0 Å². The lowest BCUT2D eigenvalue weighted by Gasteiger charge is -1.99. The Morgan fingerprint density at radius 1 is 1.39 bits per heavy atom. The summed E-state index contributed by atoms with van der Waals surface area (Å²) in [6.45, 7) is -0.0733. The standard InChI is InChI=1S/C13H11N3O2/c17-13(18)7-16-6-12(15-8-16)9-2-1-3-11-10(9)4-5-14-11/h1-6,8,14H,7H2,(H,17,18). The SMILES string of the molecule is O=C(O)Cn1cnc(-c2cccc3[nH]ccc23)c1. The summed E-state index contributed by atoms with van der Waals surface area (Å²) in [5.41, 5.74) is 2.82. The van der Waals surface area contributed by atoms with Crippen molar-refractivity contribution in [3.05, 3.63) is 43.0 Å². The number of hydrogen-bond donors (Lipinski definition) is 2. The molecule has 5 heteroatoms. The molecule has 0 unspecified atom stereocenters. The van der Waals surface area contributed by atoms with Crippen LogP contribution in [-0.4, -0.2) is 25.6 Å². The molecule has 0 saturated carbocycles. The zero-order valence-corrected chi connectivity index (χ0v) is 9.50. The summed E-state index contributed by atoms with van der Waals surface area (Å²) in [6, 6.07) is 7.90. The first-order valence-corrected chi connectivity index (χ1v) is 5.54. The number of hydrogen-bond acceptors (Lipinski definition) is 2. The van der Waals surface area contributed by atoms with Crippen molar-refractivity contribution in [3.63, 3.8) is 0 Å². The largest absolute Gasteiger partial charge is 0.480 e. The molecule has 1 aromatic carbocycles. The molecule has 90 valence electrons. The molecular weight excluding hydrogens is 230 g/mol. The Hall–Kier alpha value is -2.56. The second-order valence-electron chi connectivity index (χ2n) is 4.07. The minimum absolute atomic E-state index is 0.0733. The van der Waals surface area contributed by atoms with Crippen molar-refractivity contribution >= 4 is 16.9 Å². The number of carboxylic acids is 1. The average Bonchev–Trinajstić information content (AvgIpc) is 2.95. The van der Waals surface area contributed by atoms with Gasteiger partial charge in [-0.3, -0.25) is 4.79 Å². The molecule has 5 nitrogen and oxygen atoms in total. The average molecular weight is 241 g/mol. The third-order valence-corrected chi connectivity index (χ3v) is 2.82. The number of aromatic nitrogens is 3. The first-order valence-electron chi connectivity index (χ1n) is 5.54. The molecule has 2 aromatic heterocycles. The predicted molar refractivity (Wildman–Crippen MR) is 67.2 cm³/mol. The van der Waals surface area contributed by atoms with E-state index in [1.165, 1.54) is 6.33 Å². The van der Waals surface area contributed by atoms with Crippen LogP contribution in [0.5, 0.6) is 0 Å². The molecule has 0 aliphatic carbocycles. The number of imidazole rings is 1. The van der Waals surface area contributed by atoms with Crippen LogP contribution in [-0.2, 0) is 11.3 Å². The summed E-state index contributed by atoms with van der Waals surface area (Å²) in [4.78, 5) is 18.0. The maximum atomic E-state index is 10.6. The van der Waals surface area contributed by atoms with Crippen molar-refractivity contribution in [1.82, 2.24) is 14.5 Å². The van der Waals surface area contributed by atoms with Crippen LogP contribution >= 0.6 is 0 Å². The highest BCUT2D eigenvalue weighted by molar-refractivity contribution is 5.93. The van der Waals surface area contributed by atoms with Crippen LogP contribution in [0.15, 0.2) is 43.0 Å². The smallest absolute Gasteiger partial charge is 0.323 e. The number of carbonyl (C=O) groups is 1. The van der Waals surface area contributed by atoms with Gasteiger partial charge in [-0.1, -0.05) is 12.1 Å². The maximum absolute atomic E-state index is 10.6. The van der Waals surface area contributed by atoms with Gasteiger partial charge >= 0.3 is 5.97 Å². The van der Waals surface area contributed by atoms with Crippen molar-refractivity contribution in [2.45, 2.75) is 6.54 Å². The van der Waals surface area contributed by atoms with Crippen molar-refractivity contribution in [1.29, 1.82) is 0 Å². The summed E-state index contributed by atoms with van der Waals surface area (Å²) >= 11 is 0. The summed E-state index contributed by atoms with van der Waals surface area (Å²) in [5, 5.41) is 9.81. The van der Waals surface area contributed by atoms with E-state index in [0.717, 1.165) is 22.2 Å². The highest BCUT2D eigenvalue weighted by atomic mass is 16.4. The predicted octanol–water partition coefficient (Wildman–Crippen LogP) is 2.12. The van der Waals surface area contributed by atoms with Gasteiger partial charge in [0.25, 0.3) is 0 Å². The normalized spacial score (nSPS) is 10.9. The van der Waals surface area contributed by atoms with Crippen LogP contribution in [0.4, 0.5) is 0 Å². The molecule has 0 atom stereocenters. The van der Waals surface area contributed by atoms with Gasteiger partial charge in [0.2, 0.25) is 0 Å². The zero-order valence-electron chi connectivity index (χ0n) is 9.50. The Bertz CT molecular complexity index is 712. The number of H-pyrrole nitrogens is 1. The van der Waals surface area contributed by atoms with E-state index in [4.69, 9.17) is 5.11 Å². The molecule has 0 spiro atoms. The Balaban J connectivity index is 2.06. The van der Waals surface area contributed by atoms with Crippen LogP contribution in [0.1, 0.15) is 0 Å². The fourth-order valence-corrected chi connectivity index (χ4v) is 2.05. The second kappa shape index (κ2) is 4.03. The van der Waals surface area contributed by atoms with E-state index in [2.05, 4.69) is 9.97 Å². The lowest BCUT2D eigenvalue weighted by atomic mass is 10.1. The number of fused-ring (bicyclic) bond motifs is 1. The molecule has 18 heavy (non-hydrogen) atoms. The van der Waals surface area contributed by atoms with Gasteiger partial charge in [0.1, 0.15) is 6.54 Å². The highest BCUT2D eigenvalue weighted by Crippen LogP contribution is 2.26. The molecule has 0 aliphatic rings. The van der Waals surface area contributed by atoms with Gasteiger partial charge in [-0.2, -0.15) is 0 Å². The number of aliphatic carboxylic acids is 1. The molecule has 0 bridgehead atoms.